The van der Waals surface area contributed by atoms with Crippen molar-refractivity contribution >= 4 is 35.9 Å². The summed E-state index contributed by atoms with van der Waals surface area (Å²) in [4.78, 5) is 17.4. The third kappa shape index (κ3) is 5.73. The van der Waals surface area contributed by atoms with E-state index in [2.05, 4.69) is 30.1 Å². The van der Waals surface area contributed by atoms with Crippen molar-refractivity contribution in [1.82, 2.24) is 20.2 Å². The molecular weight excluding hydrogens is 477 g/mol. The number of piperazine rings is 1. The number of hydrogen-bond donors (Lipinski definition) is 1. The van der Waals surface area contributed by atoms with E-state index in [-0.39, 0.29) is 36.0 Å². The molecule has 0 bridgehead atoms. The zero-order valence-corrected chi connectivity index (χ0v) is 18.1. The summed E-state index contributed by atoms with van der Waals surface area (Å²) in [6.45, 7) is 6.18. The second-order valence-electron chi connectivity index (χ2n) is 6.21. The zero-order chi connectivity index (χ0) is 19.1. The zero-order valence-electron chi connectivity index (χ0n) is 15.8. The van der Waals surface area contributed by atoms with Gasteiger partial charge >= 0.3 is 0 Å². The molecule has 1 aromatic heterocycles. The lowest BCUT2D eigenvalue weighted by Gasteiger charge is -2.36. The van der Waals surface area contributed by atoms with Crippen molar-refractivity contribution < 1.29 is 8.78 Å². The summed E-state index contributed by atoms with van der Waals surface area (Å²) >= 11 is 0. The molecule has 2 heterocycles. The molecule has 9 heteroatoms. The van der Waals surface area contributed by atoms with Crippen molar-refractivity contribution in [1.29, 1.82) is 0 Å². The van der Waals surface area contributed by atoms with Gasteiger partial charge in [-0.05, 0) is 31.5 Å². The van der Waals surface area contributed by atoms with Gasteiger partial charge in [0.1, 0.15) is 11.6 Å². The second-order valence-corrected chi connectivity index (χ2v) is 6.21. The van der Waals surface area contributed by atoms with Gasteiger partial charge in [-0.2, -0.15) is 0 Å². The lowest BCUT2D eigenvalue weighted by molar-refractivity contribution is 0.370. The number of hydrogen-bond acceptors (Lipinski definition) is 4. The smallest absolute Gasteiger partial charge is 0.225 e. The highest BCUT2D eigenvalue weighted by molar-refractivity contribution is 14.0. The van der Waals surface area contributed by atoms with Gasteiger partial charge in [0, 0.05) is 57.2 Å². The van der Waals surface area contributed by atoms with Gasteiger partial charge in [-0.1, -0.05) is 6.07 Å². The summed E-state index contributed by atoms with van der Waals surface area (Å²) in [5.41, 5.74) is 0.0862. The number of benzene rings is 1. The minimum atomic E-state index is -0.522. The van der Waals surface area contributed by atoms with Gasteiger partial charge in [-0.3, -0.25) is 4.99 Å². The minimum Gasteiger partial charge on any atom is -0.357 e. The molecule has 1 saturated heterocycles. The first-order valence-electron chi connectivity index (χ1n) is 9.17. The topological polar surface area (TPSA) is 56.7 Å². The first-order chi connectivity index (χ1) is 13.2. The highest BCUT2D eigenvalue weighted by Crippen LogP contribution is 2.13. The van der Waals surface area contributed by atoms with Crippen LogP contribution in [0.5, 0.6) is 0 Å². The van der Waals surface area contributed by atoms with E-state index in [1.54, 1.807) is 18.5 Å². The molecule has 0 saturated carbocycles. The van der Waals surface area contributed by atoms with Gasteiger partial charge in [0.25, 0.3) is 0 Å². The molecule has 0 radical (unpaired) electrons. The van der Waals surface area contributed by atoms with Gasteiger partial charge in [-0.25, -0.2) is 18.7 Å². The number of rotatable bonds is 5. The first-order valence-corrected chi connectivity index (χ1v) is 9.17. The van der Waals surface area contributed by atoms with Gasteiger partial charge in [0.2, 0.25) is 5.95 Å². The molecule has 152 valence electrons. The average Bonchev–Trinajstić information content (AvgIpc) is 2.70. The van der Waals surface area contributed by atoms with Crippen LogP contribution in [-0.2, 0) is 6.42 Å². The average molecular weight is 502 g/mol. The Labute approximate surface area is 181 Å². The number of guanidine groups is 1. The SMILES string of the molecule is CCNC(=NCCc1c(F)cccc1F)N1CCN(c2ncccn2)CC1.I. The molecule has 1 N–H and O–H groups in total. The predicted octanol–water partition coefficient (Wildman–Crippen LogP) is 2.70. The summed E-state index contributed by atoms with van der Waals surface area (Å²) in [5.74, 6) is 0.454. The Morgan fingerprint density at radius 1 is 1.07 bits per heavy atom. The molecule has 0 unspecified atom stereocenters. The number of aliphatic imine (C=N–C) groups is 1. The van der Waals surface area contributed by atoms with E-state index >= 15 is 0 Å². The van der Waals surface area contributed by atoms with Crippen LogP contribution in [0.4, 0.5) is 14.7 Å². The Morgan fingerprint density at radius 3 is 2.32 bits per heavy atom. The van der Waals surface area contributed by atoms with E-state index in [4.69, 9.17) is 0 Å². The van der Waals surface area contributed by atoms with Crippen LogP contribution in [0.25, 0.3) is 0 Å². The van der Waals surface area contributed by atoms with Crippen LogP contribution in [0.1, 0.15) is 12.5 Å². The highest BCUT2D eigenvalue weighted by Gasteiger charge is 2.21. The Morgan fingerprint density at radius 2 is 1.71 bits per heavy atom. The normalized spacial score (nSPS) is 14.6. The monoisotopic (exact) mass is 502 g/mol. The van der Waals surface area contributed by atoms with Crippen LogP contribution < -0.4 is 10.2 Å². The van der Waals surface area contributed by atoms with Gasteiger partial charge < -0.3 is 15.1 Å². The Hall–Kier alpha value is -2.04. The van der Waals surface area contributed by atoms with E-state index in [0.29, 0.717) is 6.54 Å². The lowest BCUT2D eigenvalue weighted by atomic mass is 10.1. The molecule has 1 aliphatic heterocycles. The predicted molar refractivity (Wildman–Crippen MR) is 117 cm³/mol. The molecule has 0 spiro atoms. The molecule has 0 aliphatic carbocycles. The number of nitrogens with zero attached hydrogens (tertiary/aromatic N) is 5. The van der Waals surface area contributed by atoms with Gasteiger partial charge in [0.05, 0.1) is 0 Å². The fraction of sp³-hybridized carbons (Fsp3) is 0.421. The van der Waals surface area contributed by atoms with E-state index < -0.39 is 11.6 Å². The maximum atomic E-state index is 13.7. The summed E-state index contributed by atoms with van der Waals surface area (Å²) in [7, 11) is 0. The van der Waals surface area contributed by atoms with Crippen molar-refractivity contribution in [2.45, 2.75) is 13.3 Å². The number of nitrogens with one attached hydrogen (secondary N) is 1. The maximum absolute atomic E-state index is 13.7. The highest BCUT2D eigenvalue weighted by atomic mass is 127. The Bertz CT molecular complexity index is 746. The number of aromatic nitrogens is 2. The van der Waals surface area contributed by atoms with Crippen molar-refractivity contribution in [2.75, 3.05) is 44.2 Å². The molecule has 3 rings (SSSR count). The van der Waals surface area contributed by atoms with Crippen LogP contribution in [0.3, 0.4) is 0 Å². The fourth-order valence-electron chi connectivity index (χ4n) is 3.04. The Kier molecular flexibility index (Phi) is 8.81. The number of halogens is 3. The minimum absolute atomic E-state index is 0. The Balaban J connectivity index is 0.00000280. The van der Waals surface area contributed by atoms with Crippen molar-refractivity contribution in [2.24, 2.45) is 4.99 Å². The second kappa shape index (κ2) is 11.1. The summed E-state index contributed by atoms with van der Waals surface area (Å²) in [5, 5.41) is 3.26. The lowest BCUT2D eigenvalue weighted by Crippen LogP contribution is -2.53. The third-order valence-corrected chi connectivity index (χ3v) is 4.43. The molecular formula is C19H25F2IN6. The van der Waals surface area contributed by atoms with Crippen LogP contribution >= 0.6 is 24.0 Å². The molecule has 1 fully saturated rings. The molecule has 6 nitrogen and oxygen atoms in total. The standard InChI is InChI=1S/C19H24F2N6.HI/c1-2-22-18(25-10-7-15-16(20)5-3-6-17(15)21)26-11-13-27(14-12-26)19-23-8-4-9-24-19;/h3-6,8-9H,2,7,10-14H2,1H3,(H,22,25);1H. The third-order valence-electron chi connectivity index (χ3n) is 4.43. The van der Waals surface area contributed by atoms with Gasteiger partial charge in [0.15, 0.2) is 5.96 Å². The van der Waals surface area contributed by atoms with Crippen molar-refractivity contribution in [3.63, 3.8) is 0 Å². The molecule has 0 atom stereocenters. The first kappa shape index (κ1) is 22.3. The van der Waals surface area contributed by atoms with E-state index in [0.717, 1.165) is 44.6 Å². The van der Waals surface area contributed by atoms with E-state index in [9.17, 15) is 8.78 Å². The number of anilines is 1. The maximum Gasteiger partial charge on any atom is 0.225 e. The van der Waals surface area contributed by atoms with Crippen molar-refractivity contribution in [3.8, 4) is 0 Å². The summed E-state index contributed by atoms with van der Waals surface area (Å²) in [6.07, 6.45) is 3.70. The quantitative estimate of drug-likeness (QED) is 0.387. The largest absolute Gasteiger partial charge is 0.357 e. The molecule has 1 aromatic carbocycles. The van der Waals surface area contributed by atoms with Crippen LogP contribution in [0, 0.1) is 11.6 Å². The fourth-order valence-corrected chi connectivity index (χ4v) is 3.04. The van der Waals surface area contributed by atoms with Gasteiger partial charge in [-0.15, -0.1) is 24.0 Å². The molecule has 28 heavy (non-hydrogen) atoms. The van der Waals surface area contributed by atoms with E-state index in [1.807, 2.05) is 6.92 Å². The van der Waals surface area contributed by atoms with Crippen LogP contribution in [-0.4, -0.2) is 60.1 Å². The molecule has 0 amide bonds. The van der Waals surface area contributed by atoms with Crippen molar-refractivity contribution in [3.05, 3.63) is 53.9 Å². The molecule has 1 aliphatic rings. The summed E-state index contributed by atoms with van der Waals surface area (Å²) < 4.78 is 27.5. The van der Waals surface area contributed by atoms with Crippen LogP contribution in [0.2, 0.25) is 0 Å². The van der Waals surface area contributed by atoms with Crippen LogP contribution in [0.15, 0.2) is 41.7 Å². The summed E-state index contributed by atoms with van der Waals surface area (Å²) in [6, 6.07) is 5.72. The molecule has 2 aromatic rings. The van der Waals surface area contributed by atoms with E-state index in [1.165, 1.54) is 18.2 Å².